The average molecular weight is 322 g/mol. The van der Waals surface area contributed by atoms with Gasteiger partial charge in [0, 0.05) is 38.9 Å². The van der Waals surface area contributed by atoms with Crippen molar-refractivity contribution in [2.24, 2.45) is 0 Å². The second kappa shape index (κ2) is 8.38. The molecule has 1 aliphatic rings. The number of anilines is 1. The van der Waals surface area contributed by atoms with Crippen molar-refractivity contribution in [2.45, 2.75) is 13.3 Å². The Labute approximate surface area is 135 Å². The van der Waals surface area contributed by atoms with Crippen molar-refractivity contribution in [1.29, 1.82) is 0 Å². The lowest BCUT2D eigenvalue weighted by molar-refractivity contribution is -0.123. The molecule has 7 heteroatoms. The minimum atomic E-state index is -0.216. The van der Waals surface area contributed by atoms with E-state index in [-0.39, 0.29) is 18.4 Å². The van der Waals surface area contributed by atoms with Gasteiger partial charge in [0.05, 0.1) is 0 Å². The molecule has 1 aromatic carbocycles. The summed E-state index contributed by atoms with van der Waals surface area (Å²) in [5.74, 6) is 0.799. The summed E-state index contributed by atoms with van der Waals surface area (Å²) in [5, 5.41) is 2.77. The Morgan fingerprint density at radius 2 is 2.00 bits per heavy atom. The summed E-state index contributed by atoms with van der Waals surface area (Å²) in [6.07, 6.45) is 0.729. The van der Waals surface area contributed by atoms with Gasteiger partial charge in [-0.25, -0.2) is 0 Å². The normalized spacial score (nSPS) is 12.6. The van der Waals surface area contributed by atoms with Gasteiger partial charge in [-0.05, 0) is 18.6 Å². The minimum absolute atomic E-state index is 0.0397. The summed E-state index contributed by atoms with van der Waals surface area (Å²) in [6.45, 7) is 3.46. The van der Waals surface area contributed by atoms with Crippen LogP contribution >= 0.6 is 0 Å². The molecule has 1 N–H and O–H groups in total. The van der Waals surface area contributed by atoms with Gasteiger partial charge in [-0.1, -0.05) is 0 Å². The third-order valence-electron chi connectivity index (χ3n) is 3.37. The first-order chi connectivity index (χ1) is 11.1. The second-order valence-electron chi connectivity index (χ2n) is 5.13. The van der Waals surface area contributed by atoms with Crippen molar-refractivity contribution < 1.29 is 23.8 Å². The molecule has 1 aliphatic heterocycles. The lowest BCUT2D eigenvalue weighted by Crippen LogP contribution is -2.40. The van der Waals surface area contributed by atoms with Gasteiger partial charge in [0.25, 0.3) is 0 Å². The number of fused-ring (bicyclic) bond motifs is 1. The van der Waals surface area contributed by atoms with Crippen molar-refractivity contribution >= 4 is 17.5 Å². The fraction of sp³-hybridized carbons (Fsp3) is 0.500. The molecular formula is C16H22N2O5. The van der Waals surface area contributed by atoms with Gasteiger partial charge in [0.1, 0.15) is 19.8 Å². The molecule has 0 fully saturated rings. The van der Waals surface area contributed by atoms with E-state index in [0.717, 1.165) is 6.42 Å². The third-order valence-corrected chi connectivity index (χ3v) is 3.37. The van der Waals surface area contributed by atoms with Crippen LogP contribution < -0.4 is 19.7 Å². The predicted molar refractivity (Wildman–Crippen MR) is 85.0 cm³/mol. The molecule has 0 saturated heterocycles. The van der Waals surface area contributed by atoms with Crippen molar-refractivity contribution in [3.05, 3.63) is 18.2 Å². The van der Waals surface area contributed by atoms with Gasteiger partial charge in [0.2, 0.25) is 11.8 Å². The first-order valence-electron chi connectivity index (χ1n) is 7.55. The number of nitrogens with one attached hydrogen (secondary N) is 1. The molecule has 1 heterocycles. The molecule has 0 unspecified atom stereocenters. The van der Waals surface area contributed by atoms with Crippen LogP contribution in [0.1, 0.15) is 13.3 Å². The van der Waals surface area contributed by atoms with E-state index in [0.29, 0.717) is 43.6 Å². The maximum absolute atomic E-state index is 12.0. The van der Waals surface area contributed by atoms with E-state index in [1.165, 1.54) is 11.8 Å². The highest BCUT2D eigenvalue weighted by atomic mass is 16.6. The van der Waals surface area contributed by atoms with E-state index in [1.807, 2.05) is 0 Å². The Balaban J connectivity index is 2.01. The Bertz CT molecular complexity index is 561. The molecule has 2 amide bonds. The van der Waals surface area contributed by atoms with Crippen LogP contribution in [0.15, 0.2) is 18.2 Å². The van der Waals surface area contributed by atoms with Crippen molar-refractivity contribution in [1.82, 2.24) is 5.32 Å². The van der Waals surface area contributed by atoms with Crippen LogP contribution in [0.4, 0.5) is 5.69 Å². The Morgan fingerprint density at radius 3 is 2.70 bits per heavy atom. The Hall–Kier alpha value is -2.28. The lowest BCUT2D eigenvalue weighted by Gasteiger charge is -2.24. The fourth-order valence-corrected chi connectivity index (χ4v) is 2.23. The quantitative estimate of drug-likeness (QED) is 0.757. The maximum Gasteiger partial charge on any atom is 0.240 e. The van der Waals surface area contributed by atoms with E-state index in [9.17, 15) is 9.59 Å². The number of rotatable bonds is 7. The number of nitrogens with zero attached hydrogens (tertiary/aromatic N) is 1. The number of ether oxygens (including phenoxy) is 3. The summed E-state index contributed by atoms with van der Waals surface area (Å²) >= 11 is 0. The number of amides is 2. The molecule has 126 valence electrons. The smallest absolute Gasteiger partial charge is 0.240 e. The van der Waals surface area contributed by atoms with E-state index >= 15 is 0 Å². The average Bonchev–Trinajstić information content (AvgIpc) is 2.56. The van der Waals surface area contributed by atoms with Gasteiger partial charge >= 0.3 is 0 Å². The van der Waals surface area contributed by atoms with Crippen LogP contribution in [-0.4, -0.2) is 51.8 Å². The lowest BCUT2D eigenvalue weighted by atomic mass is 10.2. The molecular weight excluding hydrogens is 300 g/mol. The van der Waals surface area contributed by atoms with Gasteiger partial charge in [-0.15, -0.1) is 0 Å². The number of carbonyl (C=O) groups excluding carboxylic acids is 2. The van der Waals surface area contributed by atoms with Crippen LogP contribution in [0.25, 0.3) is 0 Å². The van der Waals surface area contributed by atoms with Gasteiger partial charge in [0.15, 0.2) is 11.5 Å². The summed E-state index contributed by atoms with van der Waals surface area (Å²) < 4.78 is 15.9. The summed E-state index contributed by atoms with van der Waals surface area (Å²) in [6, 6.07) is 5.21. The standard InChI is InChI=1S/C16H22N2O5/c1-12(19)18(11-16(20)17-6-3-7-21-2)13-4-5-14-15(10-13)23-9-8-22-14/h4-5,10H,3,6-9,11H2,1-2H3,(H,17,20). The number of carbonyl (C=O) groups is 2. The van der Waals surface area contributed by atoms with E-state index < -0.39 is 0 Å². The van der Waals surface area contributed by atoms with Crippen LogP contribution in [0.2, 0.25) is 0 Å². The summed E-state index contributed by atoms with van der Waals surface area (Å²) in [5.41, 5.74) is 0.605. The van der Waals surface area contributed by atoms with Crippen LogP contribution in [0, 0.1) is 0 Å². The molecule has 0 aromatic heterocycles. The minimum Gasteiger partial charge on any atom is -0.486 e. The molecule has 1 aromatic rings. The SMILES string of the molecule is COCCCNC(=O)CN(C(C)=O)c1ccc2c(c1)OCCO2. The first-order valence-corrected chi connectivity index (χ1v) is 7.55. The van der Waals surface area contributed by atoms with Crippen LogP contribution in [-0.2, 0) is 14.3 Å². The topological polar surface area (TPSA) is 77.1 Å². The molecule has 0 aliphatic carbocycles. The molecule has 0 atom stereocenters. The molecule has 0 saturated carbocycles. The zero-order chi connectivity index (χ0) is 16.7. The second-order valence-corrected chi connectivity index (χ2v) is 5.13. The highest BCUT2D eigenvalue weighted by Gasteiger charge is 2.19. The molecule has 0 bridgehead atoms. The third kappa shape index (κ3) is 4.85. The Kier molecular flexibility index (Phi) is 6.22. The number of methoxy groups -OCH3 is 1. The highest BCUT2D eigenvalue weighted by Crippen LogP contribution is 2.33. The maximum atomic E-state index is 12.0. The molecule has 0 radical (unpaired) electrons. The largest absolute Gasteiger partial charge is 0.486 e. The highest BCUT2D eigenvalue weighted by molar-refractivity contribution is 5.97. The van der Waals surface area contributed by atoms with Gasteiger partial charge in [-0.3, -0.25) is 9.59 Å². The zero-order valence-electron chi connectivity index (χ0n) is 13.5. The molecule has 23 heavy (non-hydrogen) atoms. The fourth-order valence-electron chi connectivity index (χ4n) is 2.23. The number of hydrogen-bond donors (Lipinski definition) is 1. The van der Waals surface area contributed by atoms with Crippen molar-refractivity contribution in [3.8, 4) is 11.5 Å². The zero-order valence-corrected chi connectivity index (χ0v) is 13.5. The van der Waals surface area contributed by atoms with E-state index in [1.54, 1.807) is 25.3 Å². The van der Waals surface area contributed by atoms with Gasteiger partial charge in [-0.2, -0.15) is 0 Å². The molecule has 7 nitrogen and oxygen atoms in total. The van der Waals surface area contributed by atoms with E-state index in [2.05, 4.69) is 5.32 Å². The Morgan fingerprint density at radius 1 is 1.26 bits per heavy atom. The molecule has 2 rings (SSSR count). The first kappa shape index (κ1) is 17.1. The van der Waals surface area contributed by atoms with Crippen LogP contribution in [0.5, 0.6) is 11.5 Å². The predicted octanol–water partition coefficient (Wildman–Crippen LogP) is 0.963. The monoisotopic (exact) mass is 322 g/mol. The number of hydrogen-bond acceptors (Lipinski definition) is 5. The summed E-state index contributed by atoms with van der Waals surface area (Å²) in [4.78, 5) is 25.3. The van der Waals surface area contributed by atoms with Crippen molar-refractivity contribution in [3.63, 3.8) is 0 Å². The number of benzene rings is 1. The van der Waals surface area contributed by atoms with Crippen LogP contribution in [0.3, 0.4) is 0 Å². The summed E-state index contributed by atoms with van der Waals surface area (Å²) in [7, 11) is 1.61. The van der Waals surface area contributed by atoms with Crippen molar-refractivity contribution in [2.75, 3.05) is 44.9 Å². The van der Waals surface area contributed by atoms with E-state index in [4.69, 9.17) is 14.2 Å². The van der Waals surface area contributed by atoms with Gasteiger partial charge < -0.3 is 24.4 Å². The molecule has 0 spiro atoms.